The van der Waals surface area contributed by atoms with Crippen LogP contribution < -0.4 is 4.74 Å². The number of benzene rings is 2. The third-order valence-electron chi connectivity index (χ3n) is 3.65. The van der Waals surface area contributed by atoms with Crippen LogP contribution in [0.15, 0.2) is 36.4 Å². The summed E-state index contributed by atoms with van der Waals surface area (Å²) in [5.41, 5.74) is 3.92. The molecule has 2 atom stereocenters. The Kier molecular flexibility index (Phi) is 3.22. The number of rotatable bonds is 1. The van der Waals surface area contributed by atoms with E-state index in [1.165, 1.54) is 23.3 Å². The zero-order chi connectivity index (χ0) is 14.3. The minimum absolute atomic E-state index is 0.193. The molecule has 2 aromatic rings. The summed E-state index contributed by atoms with van der Waals surface area (Å²) in [6, 6.07) is 10.5. The summed E-state index contributed by atoms with van der Waals surface area (Å²) in [6.07, 6.45) is -0.443. The quantitative estimate of drug-likeness (QED) is 0.850. The molecule has 0 radical (unpaired) electrons. The Hall–Kier alpha value is -1.87. The molecule has 104 valence electrons. The third-order valence-corrected chi connectivity index (χ3v) is 3.65. The van der Waals surface area contributed by atoms with Crippen molar-refractivity contribution in [2.45, 2.75) is 32.5 Å². The van der Waals surface area contributed by atoms with Gasteiger partial charge in [0.25, 0.3) is 0 Å². The van der Waals surface area contributed by atoms with E-state index in [-0.39, 0.29) is 11.9 Å². The van der Waals surface area contributed by atoms with Crippen molar-refractivity contribution in [2.24, 2.45) is 0 Å². The van der Waals surface area contributed by atoms with E-state index in [0.717, 1.165) is 5.56 Å². The van der Waals surface area contributed by atoms with E-state index in [1.54, 1.807) is 6.07 Å². The Morgan fingerprint density at radius 1 is 1.10 bits per heavy atom. The largest absolute Gasteiger partial charge is 0.485 e. The number of ether oxygens (including phenoxy) is 1. The van der Waals surface area contributed by atoms with Gasteiger partial charge in [-0.3, -0.25) is 0 Å². The number of fused-ring (bicyclic) bond motifs is 1. The molecule has 1 N–H and O–H groups in total. The lowest BCUT2D eigenvalue weighted by atomic mass is 9.93. The molecule has 0 aromatic heterocycles. The summed E-state index contributed by atoms with van der Waals surface area (Å²) in [6.45, 7) is 4.08. The van der Waals surface area contributed by atoms with Crippen molar-refractivity contribution in [3.05, 3.63) is 64.5 Å². The third kappa shape index (κ3) is 2.41. The molecular weight excluding hydrogens is 255 g/mol. The van der Waals surface area contributed by atoms with Gasteiger partial charge in [0.15, 0.2) is 0 Å². The Balaban J connectivity index is 1.96. The molecule has 3 heteroatoms. The molecule has 0 spiro atoms. The van der Waals surface area contributed by atoms with Crippen molar-refractivity contribution < 1.29 is 14.2 Å². The summed E-state index contributed by atoms with van der Waals surface area (Å²) in [4.78, 5) is 0. The molecule has 3 rings (SSSR count). The second-order valence-corrected chi connectivity index (χ2v) is 5.46. The Morgan fingerprint density at radius 3 is 2.50 bits per heavy atom. The van der Waals surface area contributed by atoms with E-state index < -0.39 is 6.10 Å². The minimum Gasteiger partial charge on any atom is -0.485 e. The van der Waals surface area contributed by atoms with Crippen molar-refractivity contribution in [3.63, 3.8) is 0 Å². The highest BCUT2D eigenvalue weighted by Crippen LogP contribution is 2.41. The maximum Gasteiger partial charge on any atom is 0.127 e. The van der Waals surface area contributed by atoms with E-state index in [9.17, 15) is 9.50 Å². The Labute approximate surface area is 117 Å². The van der Waals surface area contributed by atoms with Crippen LogP contribution in [-0.2, 0) is 0 Å². The molecule has 0 aliphatic carbocycles. The summed E-state index contributed by atoms with van der Waals surface area (Å²) in [5.74, 6) is 0.213. The molecule has 0 saturated heterocycles. The highest BCUT2D eigenvalue weighted by Gasteiger charge is 2.28. The summed E-state index contributed by atoms with van der Waals surface area (Å²) >= 11 is 0. The fraction of sp³-hybridized carbons (Fsp3) is 0.294. The van der Waals surface area contributed by atoms with Crippen molar-refractivity contribution in [2.75, 3.05) is 0 Å². The van der Waals surface area contributed by atoms with Gasteiger partial charge in [0.05, 0.1) is 6.10 Å². The lowest BCUT2D eigenvalue weighted by molar-refractivity contribution is 0.0653. The molecule has 1 aliphatic heterocycles. The maximum absolute atomic E-state index is 13.2. The standard InChI is InChI=1S/C17H17FO2/c1-10-5-11(2)7-12(6-10)17-9-15(19)14-8-13(18)3-4-16(14)20-17/h3-8,15,17,19H,9H2,1-2H3. The first-order chi connectivity index (χ1) is 9.52. The number of hydrogen-bond acceptors (Lipinski definition) is 2. The molecule has 2 aromatic carbocycles. The van der Waals surface area contributed by atoms with Crippen LogP contribution in [0.2, 0.25) is 0 Å². The second kappa shape index (κ2) is 4.91. The van der Waals surface area contributed by atoms with Crippen LogP contribution in [0.1, 0.15) is 40.9 Å². The van der Waals surface area contributed by atoms with Crippen molar-refractivity contribution >= 4 is 0 Å². The molecule has 0 fully saturated rings. The van der Waals surface area contributed by atoms with Crippen LogP contribution in [0.3, 0.4) is 0 Å². The smallest absolute Gasteiger partial charge is 0.127 e. The number of aliphatic hydroxyl groups is 1. The minimum atomic E-state index is -0.694. The van der Waals surface area contributed by atoms with E-state index in [0.29, 0.717) is 17.7 Å². The Bertz CT molecular complexity index is 631. The number of aryl methyl sites for hydroxylation is 2. The fourth-order valence-electron chi connectivity index (χ4n) is 2.82. The number of aliphatic hydroxyl groups excluding tert-OH is 1. The van der Waals surface area contributed by atoms with Crippen LogP contribution in [0.4, 0.5) is 4.39 Å². The van der Waals surface area contributed by atoms with E-state index in [1.807, 2.05) is 13.8 Å². The summed E-state index contributed by atoms with van der Waals surface area (Å²) < 4.78 is 19.2. The van der Waals surface area contributed by atoms with E-state index in [2.05, 4.69) is 18.2 Å². The van der Waals surface area contributed by atoms with Crippen LogP contribution in [0.5, 0.6) is 5.75 Å². The lowest BCUT2D eigenvalue weighted by Gasteiger charge is -2.30. The predicted octanol–water partition coefficient (Wildman–Crippen LogP) is 4.00. The van der Waals surface area contributed by atoms with Gasteiger partial charge in [-0.25, -0.2) is 4.39 Å². The van der Waals surface area contributed by atoms with Crippen molar-refractivity contribution in [1.29, 1.82) is 0 Å². The van der Waals surface area contributed by atoms with Crippen LogP contribution in [0.25, 0.3) is 0 Å². The van der Waals surface area contributed by atoms with Gasteiger partial charge in [0.1, 0.15) is 17.7 Å². The average molecular weight is 272 g/mol. The zero-order valence-electron chi connectivity index (χ0n) is 11.6. The Morgan fingerprint density at radius 2 is 1.80 bits per heavy atom. The normalized spacial score (nSPS) is 21.2. The first-order valence-electron chi connectivity index (χ1n) is 6.75. The number of hydrogen-bond donors (Lipinski definition) is 1. The monoisotopic (exact) mass is 272 g/mol. The first kappa shape index (κ1) is 13.1. The van der Waals surface area contributed by atoms with E-state index in [4.69, 9.17) is 4.74 Å². The maximum atomic E-state index is 13.2. The molecule has 1 heterocycles. The van der Waals surface area contributed by atoms with Gasteiger partial charge in [-0.2, -0.15) is 0 Å². The van der Waals surface area contributed by atoms with Crippen LogP contribution >= 0.6 is 0 Å². The lowest BCUT2D eigenvalue weighted by Crippen LogP contribution is -2.19. The topological polar surface area (TPSA) is 29.5 Å². The SMILES string of the molecule is Cc1cc(C)cc(C2CC(O)c3cc(F)ccc3O2)c1. The molecule has 0 amide bonds. The van der Waals surface area contributed by atoms with Crippen molar-refractivity contribution in [3.8, 4) is 5.75 Å². The van der Waals surface area contributed by atoms with Gasteiger partial charge in [0, 0.05) is 12.0 Å². The van der Waals surface area contributed by atoms with Crippen LogP contribution in [0, 0.1) is 19.7 Å². The van der Waals surface area contributed by atoms with Gasteiger partial charge in [-0.15, -0.1) is 0 Å². The van der Waals surface area contributed by atoms with Crippen molar-refractivity contribution in [1.82, 2.24) is 0 Å². The fourth-order valence-corrected chi connectivity index (χ4v) is 2.82. The predicted molar refractivity (Wildman–Crippen MR) is 75.3 cm³/mol. The zero-order valence-corrected chi connectivity index (χ0v) is 11.6. The molecular formula is C17H17FO2. The highest BCUT2D eigenvalue weighted by molar-refractivity contribution is 5.40. The molecule has 2 nitrogen and oxygen atoms in total. The van der Waals surface area contributed by atoms with Gasteiger partial charge in [-0.1, -0.05) is 29.3 Å². The van der Waals surface area contributed by atoms with Gasteiger partial charge >= 0.3 is 0 Å². The molecule has 20 heavy (non-hydrogen) atoms. The number of halogens is 1. The molecule has 2 unspecified atom stereocenters. The van der Waals surface area contributed by atoms with Crippen LogP contribution in [-0.4, -0.2) is 5.11 Å². The van der Waals surface area contributed by atoms with Gasteiger partial charge < -0.3 is 9.84 Å². The molecule has 1 aliphatic rings. The van der Waals surface area contributed by atoms with Gasteiger partial charge in [0.2, 0.25) is 0 Å². The van der Waals surface area contributed by atoms with E-state index >= 15 is 0 Å². The summed E-state index contributed by atoms with van der Waals surface area (Å²) in [7, 11) is 0. The molecule has 0 bridgehead atoms. The first-order valence-corrected chi connectivity index (χ1v) is 6.75. The highest BCUT2D eigenvalue weighted by atomic mass is 19.1. The average Bonchev–Trinajstić information content (AvgIpc) is 2.38. The molecule has 0 saturated carbocycles. The second-order valence-electron chi connectivity index (χ2n) is 5.46. The van der Waals surface area contributed by atoms with Gasteiger partial charge in [-0.05, 0) is 37.6 Å². The summed E-state index contributed by atoms with van der Waals surface area (Å²) in [5, 5.41) is 10.2.